The molecule has 0 heterocycles. The summed E-state index contributed by atoms with van der Waals surface area (Å²) in [6, 6.07) is 5.68. The largest absolute Gasteiger partial charge is 0.481 e. The maximum atomic E-state index is 13.6. The van der Waals surface area contributed by atoms with Crippen LogP contribution in [0.5, 0.6) is 0 Å². The first-order chi connectivity index (χ1) is 8.41. The molecule has 1 unspecified atom stereocenters. The van der Waals surface area contributed by atoms with Gasteiger partial charge in [0.05, 0.1) is 11.6 Å². The van der Waals surface area contributed by atoms with Gasteiger partial charge in [-0.2, -0.15) is 0 Å². The molecule has 1 aromatic carbocycles. The summed E-state index contributed by atoms with van der Waals surface area (Å²) in [5.41, 5.74) is 0.0907. The first-order valence-electron chi connectivity index (χ1n) is 5.36. The highest BCUT2D eigenvalue weighted by atomic mass is 19.1. The lowest BCUT2D eigenvalue weighted by Crippen LogP contribution is -2.36. The van der Waals surface area contributed by atoms with Crippen molar-refractivity contribution < 1.29 is 24.2 Å². The number of para-hydroxylation sites is 1. The number of carboxylic acids is 2. The van der Waals surface area contributed by atoms with E-state index in [9.17, 15) is 14.0 Å². The monoisotopic (exact) mass is 255 g/mol. The van der Waals surface area contributed by atoms with Crippen LogP contribution in [0, 0.1) is 11.7 Å². The van der Waals surface area contributed by atoms with E-state index in [1.54, 1.807) is 6.07 Å². The number of rotatable bonds is 6. The van der Waals surface area contributed by atoms with Gasteiger partial charge in [0.1, 0.15) is 12.4 Å². The van der Waals surface area contributed by atoms with E-state index in [0.717, 1.165) is 0 Å². The second-order valence-electron chi connectivity index (χ2n) is 3.96. The number of aliphatic carboxylic acids is 2. The molecule has 1 aromatic rings. The summed E-state index contributed by atoms with van der Waals surface area (Å²) in [6.45, 7) is 0.930. The van der Waals surface area contributed by atoms with E-state index in [4.69, 9.17) is 10.2 Å². The number of halogens is 1. The van der Waals surface area contributed by atoms with Crippen LogP contribution in [0.1, 0.15) is 6.92 Å². The molecular formula is C12H14FNO4. The minimum absolute atomic E-state index is 0.0669. The topological polar surface area (TPSA) is 77.8 Å². The lowest BCUT2D eigenvalue weighted by Gasteiger charge is -2.25. The molecule has 18 heavy (non-hydrogen) atoms. The summed E-state index contributed by atoms with van der Waals surface area (Å²) >= 11 is 0. The van der Waals surface area contributed by atoms with E-state index in [2.05, 4.69) is 0 Å². The van der Waals surface area contributed by atoms with Gasteiger partial charge in [-0.3, -0.25) is 9.59 Å². The number of benzene rings is 1. The third-order valence-electron chi connectivity index (χ3n) is 2.44. The highest BCUT2D eigenvalue weighted by Crippen LogP contribution is 2.19. The molecular weight excluding hydrogens is 241 g/mol. The van der Waals surface area contributed by atoms with Gasteiger partial charge in [0.25, 0.3) is 0 Å². The molecule has 0 saturated carbocycles. The molecule has 1 rings (SSSR count). The number of carboxylic acid groups (broad SMARTS) is 2. The van der Waals surface area contributed by atoms with Crippen LogP contribution in [0.15, 0.2) is 24.3 Å². The summed E-state index contributed by atoms with van der Waals surface area (Å²) < 4.78 is 13.6. The molecule has 0 aliphatic heterocycles. The van der Waals surface area contributed by atoms with Crippen LogP contribution in [-0.4, -0.2) is 35.2 Å². The van der Waals surface area contributed by atoms with Crippen molar-refractivity contribution in [2.24, 2.45) is 5.92 Å². The van der Waals surface area contributed by atoms with Crippen molar-refractivity contribution in [1.82, 2.24) is 0 Å². The lowest BCUT2D eigenvalue weighted by atomic mass is 10.1. The van der Waals surface area contributed by atoms with Crippen molar-refractivity contribution in [1.29, 1.82) is 0 Å². The number of anilines is 1. The van der Waals surface area contributed by atoms with Crippen molar-refractivity contribution in [2.45, 2.75) is 6.92 Å². The van der Waals surface area contributed by atoms with E-state index in [1.165, 1.54) is 30.0 Å². The number of nitrogens with zero attached hydrogens (tertiary/aromatic N) is 1. The Morgan fingerprint density at radius 2 is 1.94 bits per heavy atom. The zero-order chi connectivity index (χ0) is 13.7. The van der Waals surface area contributed by atoms with E-state index < -0.39 is 30.2 Å². The average molecular weight is 255 g/mol. The highest BCUT2D eigenvalue weighted by molar-refractivity contribution is 5.75. The second kappa shape index (κ2) is 6.00. The Morgan fingerprint density at radius 3 is 2.44 bits per heavy atom. The second-order valence-corrected chi connectivity index (χ2v) is 3.96. The Hall–Kier alpha value is -2.11. The minimum Gasteiger partial charge on any atom is -0.481 e. The fourth-order valence-electron chi connectivity index (χ4n) is 1.53. The first kappa shape index (κ1) is 14.0. The summed E-state index contributed by atoms with van der Waals surface area (Å²) in [5.74, 6) is -3.56. The number of hydrogen-bond acceptors (Lipinski definition) is 3. The Kier molecular flexibility index (Phi) is 4.65. The van der Waals surface area contributed by atoms with Crippen molar-refractivity contribution in [3.05, 3.63) is 30.1 Å². The maximum absolute atomic E-state index is 13.6. The summed E-state index contributed by atoms with van der Waals surface area (Å²) in [6.07, 6.45) is 0. The Labute approximate surface area is 103 Å². The molecule has 1 atom stereocenters. The van der Waals surface area contributed by atoms with Crippen molar-refractivity contribution in [3.8, 4) is 0 Å². The quantitative estimate of drug-likeness (QED) is 0.804. The van der Waals surface area contributed by atoms with Crippen LogP contribution in [0.4, 0.5) is 10.1 Å². The molecule has 0 aliphatic rings. The predicted octanol–water partition coefficient (Wildman–Crippen LogP) is 1.44. The van der Waals surface area contributed by atoms with E-state index in [0.29, 0.717) is 0 Å². The van der Waals surface area contributed by atoms with Gasteiger partial charge in [-0.15, -0.1) is 0 Å². The van der Waals surface area contributed by atoms with Gasteiger partial charge in [-0.25, -0.2) is 4.39 Å². The minimum atomic E-state index is -1.14. The first-order valence-corrected chi connectivity index (χ1v) is 5.36. The normalized spacial score (nSPS) is 11.9. The fourth-order valence-corrected chi connectivity index (χ4v) is 1.53. The molecule has 0 fully saturated rings. The molecule has 0 spiro atoms. The standard InChI is InChI=1S/C12H14FNO4/c1-8(12(17)18)6-14(7-11(15)16)10-5-3-2-4-9(10)13/h2-5,8H,6-7H2,1H3,(H,15,16)(H,17,18). The van der Waals surface area contributed by atoms with Crippen LogP contribution in [0.3, 0.4) is 0 Å². The number of hydrogen-bond donors (Lipinski definition) is 2. The summed E-state index contributed by atoms with van der Waals surface area (Å²) in [7, 11) is 0. The molecule has 0 bridgehead atoms. The van der Waals surface area contributed by atoms with Gasteiger partial charge in [0.2, 0.25) is 0 Å². The third-order valence-corrected chi connectivity index (χ3v) is 2.44. The van der Waals surface area contributed by atoms with Crippen LogP contribution >= 0.6 is 0 Å². The zero-order valence-corrected chi connectivity index (χ0v) is 9.84. The third kappa shape index (κ3) is 3.73. The van der Waals surface area contributed by atoms with E-state index >= 15 is 0 Å². The van der Waals surface area contributed by atoms with Crippen molar-refractivity contribution >= 4 is 17.6 Å². The Bertz CT molecular complexity index is 449. The lowest BCUT2D eigenvalue weighted by molar-refractivity contribution is -0.141. The summed E-state index contributed by atoms with van der Waals surface area (Å²) in [4.78, 5) is 22.7. The van der Waals surface area contributed by atoms with Crippen LogP contribution in [0.25, 0.3) is 0 Å². The van der Waals surface area contributed by atoms with Gasteiger partial charge in [-0.05, 0) is 12.1 Å². The molecule has 98 valence electrons. The van der Waals surface area contributed by atoms with Gasteiger partial charge in [0.15, 0.2) is 0 Å². The number of carbonyl (C=O) groups is 2. The van der Waals surface area contributed by atoms with Crippen LogP contribution in [0.2, 0.25) is 0 Å². The molecule has 0 amide bonds. The predicted molar refractivity (Wildman–Crippen MR) is 63.0 cm³/mol. The van der Waals surface area contributed by atoms with Gasteiger partial charge < -0.3 is 15.1 Å². The Morgan fingerprint density at radius 1 is 1.33 bits per heavy atom. The fraction of sp³-hybridized carbons (Fsp3) is 0.333. The van der Waals surface area contributed by atoms with Gasteiger partial charge in [-0.1, -0.05) is 19.1 Å². The maximum Gasteiger partial charge on any atom is 0.323 e. The molecule has 0 aromatic heterocycles. The van der Waals surface area contributed by atoms with Crippen LogP contribution < -0.4 is 4.90 Å². The molecule has 0 saturated heterocycles. The highest BCUT2D eigenvalue weighted by Gasteiger charge is 2.20. The van der Waals surface area contributed by atoms with E-state index in [1.807, 2.05) is 0 Å². The average Bonchev–Trinajstić information content (AvgIpc) is 2.28. The zero-order valence-electron chi connectivity index (χ0n) is 9.84. The molecule has 6 heteroatoms. The summed E-state index contributed by atoms with van der Waals surface area (Å²) in [5, 5.41) is 17.6. The van der Waals surface area contributed by atoms with Gasteiger partial charge >= 0.3 is 11.9 Å². The Balaban J connectivity index is 2.95. The van der Waals surface area contributed by atoms with Crippen LogP contribution in [-0.2, 0) is 9.59 Å². The SMILES string of the molecule is CC(CN(CC(=O)O)c1ccccc1F)C(=O)O. The molecule has 5 nitrogen and oxygen atoms in total. The smallest absolute Gasteiger partial charge is 0.323 e. The van der Waals surface area contributed by atoms with Crippen molar-refractivity contribution in [3.63, 3.8) is 0 Å². The molecule has 2 N–H and O–H groups in total. The van der Waals surface area contributed by atoms with E-state index in [-0.39, 0.29) is 12.2 Å². The van der Waals surface area contributed by atoms with Gasteiger partial charge in [0, 0.05) is 6.54 Å². The molecule has 0 radical (unpaired) electrons. The molecule has 0 aliphatic carbocycles. The van der Waals surface area contributed by atoms with Crippen molar-refractivity contribution in [2.75, 3.05) is 18.0 Å².